The minimum Gasteiger partial charge on any atom is -0.465 e. The van der Waals surface area contributed by atoms with Crippen LogP contribution in [0.2, 0.25) is 5.02 Å². The van der Waals surface area contributed by atoms with Gasteiger partial charge in [0.1, 0.15) is 6.04 Å². The van der Waals surface area contributed by atoms with Crippen LogP contribution < -0.4 is 10.6 Å². The number of likely N-dealkylation sites (N-methyl/N-ethyl adjacent to an activating group) is 1. The Bertz CT molecular complexity index is 1310. The van der Waals surface area contributed by atoms with Crippen molar-refractivity contribution >= 4 is 63.5 Å². The molecule has 0 aliphatic heterocycles. The molecule has 2 amide bonds. The van der Waals surface area contributed by atoms with Gasteiger partial charge in [0.2, 0.25) is 5.91 Å². The lowest BCUT2D eigenvalue weighted by molar-refractivity contribution is -0.148. The molecule has 38 heavy (non-hydrogen) atoms. The number of anilines is 2. The number of urea groups is 1. The van der Waals surface area contributed by atoms with Crippen LogP contribution in [0.5, 0.6) is 0 Å². The summed E-state index contributed by atoms with van der Waals surface area (Å²) in [6.45, 7) is 1.94. The number of nitrogens with one attached hydrogen (secondary N) is 2. The maximum absolute atomic E-state index is 13.1. The van der Waals surface area contributed by atoms with E-state index in [9.17, 15) is 27.6 Å². The van der Waals surface area contributed by atoms with E-state index >= 15 is 0 Å². The highest BCUT2D eigenvalue weighted by Gasteiger charge is 2.29. The van der Waals surface area contributed by atoms with Gasteiger partial charge in [0, 0.05) is 33.6 Å². The van der Waals surface area contributed by atoms with Gasteiger partial charge in [-0.25, -0.2) is 4.79 Å². The van der Waals surface area contributed by atoms with Gasteiger partial charge in [-0.1, -0.05) is 11.6 Å². The van der Waals surface area contributed by atoms with Gasteiger partial charge in [-0.3, -0.25) is 19.1 Å². The first-order chi connectivity index (χ1) is 17.9. The zero-order valence-corrected chi connectivity index (χ0v) is 22.3. The number of fused-ring (bicyclic) bond motifs is 1. The topological polar surface area (TPSA) is 92.7 Å². The average molecular weight is 571 g/mol. The largest absolute Gasteiger partial charge is 0.465 e. The van der Waals surface area contributed by atoms with Crippen molar-refractivity contribution in [2.75, 3.05) is 31.3 Å². The molecule has 0 saturated carbocycles. The van der Waals surface area contributed by atoms with Gasteiger partial charge >= 0.3 is 17.5 Å². The molecule has 1 aromatic heterocycles. The first-order valence-electron chi connectivity index (χ1n) is 11.5. The van der Waals surface area contributed by atoms with Gasteiger partial charge in [0.25, 0.3) is 0 Å². The maximum atomic E-state index is 13.1. The number of esters is 1. The van der Waals surface area contributed by atoms with Gasteiger partial charge in [0.05, 0.1) is 17.8 Å². The molecule has 1 unspecified atom stereocenters. The van der Waals surface area contributed by atoms with Gasteiger partial charge in [-0.05, 0) is 81.7 Å². The molecule has 1 heterocycles. The molecule has 2 aromatic carbocycles. The van der Waals surface area contributed by atoms with E-state index in [1.54, 1.807) is 44.1 Å². The van der Waals surface area contributed by atoms with E-state index in [4.69, 9.17) is 16.3 Å². The third kappa shape index (κ3) is 7.89. The summed E-state index contributed by atoms with van der Waals surface area (Å²) >= 11 is 5.89. The molecular formula is C25H26ClF3N4O4S. The van der Waals surface area contributed by atoms with Crippen molar-refractivity contribution in [1.82, 2.24) is 9.47 Å². The highest BCUT2D eigenvalue weighted by Crippen LogP contribution is 2.37. The van der Waals surface area contributed by atoms with Gasteiger partial charge < -0.3 is 15.4 Å². The summed E-state index contributed by atoms with van der Waals surface area (Å²) in [5.41, 5.74) is -3.33. The number of carbonyl (C=O) groups is 3. The zero-order valence-electron chi connectivity index (χ0n) is 20.8. The van der Waals surface area contributed by atoms with Crippen LogP contribution in [0, 0.1) is 0 Å². The van der Waals surface area contributed by atoms with E-state index in [0.717, 1.165) is 0 Å². The molecular weight excluding hydrogens is 545 g/mol. The normalized spacial score (nSPS) is 12.4. The second kappa shape index (κ2) is 12.5. The Morgan fingerprint density at radius 3 is 2.39 bits per heavy atom. The third-order valence-electron chi connectivity index (χ3n) is 5.44. The molecule has 0 aliphatic rings. The van der Waals surface area contributed by atoms with E-state index in [-0.39, 0.29) is 47.7 Å². The number of rotatable bonds is 9. The lowest BCUT2D eigenvalue weighted by atomic mass is 10.1. The summed E-state index contributed by atoms with van der Waals surface area (Å²) in [5, 5.41) is 6.10. The molecule has 0 aliphatic carbocycles. The number of alkyl halides is 3. The molecule has 0 bridgehead atoms. The summed E-state index contributed by atoms with van der Waals surface area (Å²) in [6.07, 6.45) is 1.72. The van der Waals surface area contributed by atoms with Crippen LogP contribution in [-0.4, -0.2) is 59.6 Å². The van der Waals surface area contributed by atoms with Crippen LogP contribution in [-0.2, 0) is 9.53 Å². The van der Waals surface area contributed by atoms with Crippen LogP contribution in [0.15, 0.2) is 53.6 Å². The maximum Gasteiger partial charge on any atom is 0.446 e. The van der Waals surface area contributed by atoms with Crippen molar-refractivity contribution in [2.45, 2.75) is 36.2 Å². The number of ether oxygens (including phenoxy) is 1. The number of benzene rings is 2. The van der Waals surface area contributed by atoms with Crippen molar-refractivity contribution in [2.24, 2.45) is 0 Å². The first-order valence-corrected chi connectivity index (χ1v) is 12.7. The number of nitrogens with zero attached hydrogens (tertiary/aromatic N) is 2. The Labute approximate surface area is 226 Å². The third-order valence-corrected chi connectivity index (χ3v) is 6.42. The number of hydrogen-bond acceptors (Lipinski definition) is 6. The second-order valence-corrected chi connectivity index (χ2v) is 9.96. The lowest BCUT2D eigenvalue weighted by Crippen LogP contribution is -2.37. The van der Waals surface area contributed by atoms with Crippen LogP contribution in [0.25, 0.3) is 10.9 Å². The Kier molecular flexibility index (Phi) is 9.69. The molecule has 0 saturated heterocycles. The fraction of sp³-hybridized carbons (Fsp3) is 0.320. The SMILES string of the molecule is CCOC(=O)C(CCC(=O)n1cc(NC(=O)Nc2ccc(SC(F)(F)F)cc2)c2cc(Cl)ccc21)N(C)C. The molecule has 0 spiro atoms. The fourth-order valence-corrected chi connectivity index (χ4v) is 4.45. The number of hydrogen-bond donors (Lipinski definition) is 2. The number of thioether (sulfide) groups is 1. The number of carbonyl (C=O) groups excluding carboxylic acids is 3. The van der Waals surface area contributed by atoms with Crippen molar-refractivity contribution in [3.8, 4) is 0 Å². The van der Waals surface area contributed by atoms with Crippen molar-refractivity contribution < 1.29 is 32.3 Å². The highest BCUT2D eigenvalue weighted by atomic mass is 35.5. The molecule has 204 valence electrons. The van der Waals surface area contributed by atoms with Crippen LogP contribution in [0.4, 0.5) is 29.3 Å². The molecule has 13 heteroatoms. The predicted molar refractivity (Wildman–Crippen MR) is 142 cm³/mol. The van der Waals surface area contributed by atoms with E-state index in [0.29, 0.717) is 21.6 Å². The van der Waals surface area contributed by atoms with Crippen molar-refractivity contribution in [1.29, 1.82) is 0 Å². The Morgan fingerprint density at radius 2 is 1.79 bits per heavy atom. The summed E-state index contributed by atoms with van der Waals surface area (Å²) in [6, 6.07) is 8.78. The minimum absolute atomic E-state index is 0.0147. The van der Waals surface area contributed by atoms with Gasteiger partial charge in [0.15, 0.2) is 0 Å². The molecule has 3 rings (SSSR count). The van der Waals surface area contributed by atoms with Gasteiger partial charge in [-0.2, -0.15) is 13.2 Å². The van der Waals surface area contributed by atoms with Crippen LogP contribution in [0.3, 0.4) is 0 Å². The van der Waals surface area contributed by atoms with E-state index < -0.39 is 23.6 Å². The quantitative estimate of drug-likeness (QED) is 0.226. The number of halogens is 4. The zero-order chi connectivity index (χ0) is 28.0. The predicted octanol–water partition coefficient (Wildman–Crippen LogP) is 6.46. The van der Waals surface area contributed by atoms with E-state index in [1.165, 1.54) is 35.0 Å². The minimum atomic E-state index is -4.41. The Morgan fingerprint density at radius 1 is 1.11 bits per heavy atom. The molecule has 0 fully saturated rings. The van der Waals surface area contributed by atoms with E-state index in [2.05, 4.69) is 10.6 Å². The highest BCUT2D eigenvalue weighted by molar-refractivity contribution is 8.00. The standard InChI is InChI=1S/C25H26ClF3N4O4S/c1-4-37-23(35)21(32(2)3)11-12-22(34)33-14-19(18-13-15(26)5-10-20(18)33)31-24(36)30-16-6-8-17(9-7-16)38-25(27,28)29/h5-10,13-14,21H,4,11-12H2,1-3H3,(H2,30,31,36). The van der Waals surface area contributed by atoms with Crippen LogP contribution >= 0.6 is 23.4 Å². The van der Waals surface area contributed by atoms with Gasteiger partial charge in [-0.15, -0.1) is 0 Å². The second-order valence-electron chi connectivity index (χ2n) is 8.39. The Balaban J connectivity index is 1.76. The molecule has 0 radical (unpaired) electrons. The number of aromatic nitrogens is 1. The Hall–Kier alpha value is -3.22. The fourth-order valence-electron chi connectivity index (χ4n) is 3.74. The number of amides is 2. The molecule has 8 nitrogen and oxygen atoms in total. The summed E-state index contributed by atoms with van der Waals surface area (Å²) in [7, 11) is 3.45. The van der Waals surface area contributed by atoms with Crippen molar-refractivity contribution in [3.63, 3.8) is 0 Å². The first kappa shape index (κ1) is 29.3. The molecule has 2 N–H and O–H groups in total. The summed E-state index contributed by atoms with van der Waals surface area (Å²) < 4.78 is 44.0. The summed E-state index contributed by atoms with van der Waals surface area (Å²) in [4.78, 5) is 39.7. The van der Waals surface area contributed by atoms with Crippen molar-refractivity contribution in [3.05, 3.63) is 53.7 Å². The smallest absolute Gasteiger partial charge is 0.446 e. The summed E-state index contributed by atoms with van der Waals surface area (Å²) in [5.74, 6) is -0.724. The monoisotopic (exact) mass is 570 g/mol. The van der Waals surface area contributed by atoms with Crippen LogP contribution in [0.1, 0.15) is 24.6 Å². The average Bonchev–Trinajstić information content (AvgIpc) is 3.16. The molecule has 3 aromatic rings. The molecule has 1 atom stereocenters. The van der Waals surface area contributed by atoms with E-state index in [1.807, 2.05) is 0 Å². The lowest BCUT2D eigenvalue weighted by Gasteiger charge is -2.22.